The minimum absolute atomic E-state index is 0.188. The molecule has 4 heteroatoms. The largest absolute Gasteiger partial charge is 0.490 e. The van der Waals surface area contributed by atoms with Gasteiger partial charge in [0.2, 0.25) is 0 Å². The molecule has 1 aliphatic rings. The fourth-order valence-corrected chi connectivity index (χ4v) is 2.36. The van der Waals surface area contributed by atoms with Crippen LogP contribution in [0.3, 0.4) is 0 Å². The molecule has 0 amide bonds. The second-order valence-corrected chi connectivity index (χ2v) is 5.12. The first-order chi connectivity index (χ1) is 9.83. The van der Waals surface area contributed by atoms with Gasteiger partial charge in [-0.15, -0.1) is 0 Å². The molecular formula is C16H25NO3. The molecule has 0 aliphatic carbocycles. The van der Waals surface area contributed by atoms with Crippen molar-refractivity contribution in [1.29, 1.82) is 0 Å². The highest BCUT2D eigenvalue weighted by Gasteiger charge is 2.25. The van der Waals surface area contributed by atoms with Crippen LogP contribution in [-0.4, -0.2) is 39.0 Å². The third-order valence-corrected chi connectivity index (χ3v) is 3.36. The van der Waals surface area contributed by atoms with E-state index < -0.39 is 0 Å². The van der Waals surface area contributed by atoms with Crippen molar-refractivity contribution in [2.45, 2.75) is 38.4 Å². The van der Waals surface area contributed by atoms with Crippen LogP contribution < -0.4 is 14.8 Å². The Balaban J connectivity index is 1.82. The van der Waals surface area contributed by atoms with Gasteiger partial charge in [0.15, 0.2) is 11.5 Å². The number of hydrogen-bond acceptors (Lipinski definition) is 4. The molecule has 0 spiro atoms. The molecule has 0 radical (unpaired) electrons. The average Bonchev–Trinajstić information content (AvgIpc) is 2.92. The van der Waals surface area contributed by atoms with E-state index in [-0.39, 0.29) is 6.10 Å². The van der Waals surface area contributed by atoms with Crippen molar-refractivity contribution in [1.82, 2.24) is 5.32 Å². The molecule has 112 valence electrons. The summed E-state index contributed by atoms with van der Waals surface area (Å²) in [7, 11) is 1.95. The summed E-state index contributed by atoms with van der Waals surface area (Å²) in [5, 5.41) is 3.15. The minimum Gasteiger partial charge on any atom is -0.490 e. The maximum atomic E-state index is 5.92. The Bertz CT molecular complexity index is 397. The molecule has 4 nitrogen and oxygen atoms in total. The van der Waals surface area contributed by atoms with Crippen LogP contribution >= 0.6 is 0 Å². The van der Waals surface area contributed by atoms with Gasteiger partial charge in [0.25, 0.3) is 0 Å². The lowest BCUT2D eigenvalue weighted by molar-refractivity contribution is 0.0187. The minimum atomic E-state index is 0.188. The molecule has 1 heterocycles. The van der Waals surface area contributed by atoms with Crippen molar-refractivity contribution < 1.29 is 14.2 Å². The van der Waals surface area contributed by atoms with Crippen LogP contribution in [0.25, 0.3) is 0 Å². The molecule has 1 fully saturated rings. The predicted octanol–water partition coefficient (Wildman–Crippen LogP) is 2.62. The van der Waals surface area contributed by atoms with Crippen molar-refractivity contribution >= 4 is 0 Å². The molecule has 1 saturated heterocycles. The Hall–Kier alpha value is -1.26. The van der Waals surface area contributed by atoms with E-state index in [1.165, 1.54) is 0 Å². The van der Waals surface area contributed by atoms with Crippen LogP contribution in [0.5, 0.6) is 11.5 Å². The summed E-state index contributed by atoms with van der Waals surface area (Å²) in [6.07, 6.45) is 3.66. The third-order valence-electron chi connectivity index (χ3n) is 3.36. The van der Waals surface area contributed by atoms with Crippen molar-refractivity contribution in [3.05, 3.63) is 24.3 Å². The SMILES string of the molecule is CCCOc1ccccc1OCC1CCC(CNC)O1. The highest BCUT2D eigenvalue weighted by Crippen LogP contribution is 2.28. The van der Waals surface area contributed by atoms with Crippen LogP contribution in [0.4, 0.5) is 0 Å². The van der Waals surface area contributed by atoms with E-state index in [4.69, 9.17) is 14.2 Å². The molecule has 0 saturated carbocycles. The fraction of sp³-hybridized carbons (Fsp3) is 0.625. The third kappa shape index (κ3) is 4.39. The molecule has 2 atom stereocenters. The second-order valence-electron chi connectivity index (χ2n) is 5.12. The molecule has 20 heavy (non-hydrogen) atoms. The Morgan fingerprint density at radius 3 is 2.55 bits per heavy atom. The van der Waals surface area contributed by atoms with E-state index in [1.807, 2.05) is 31.3 Å². The molecule has 2 rings (SSSR count). The van der Waals surface area contributed by atoms with Gasteiger partial charge in [-0.2, -0.15) is 0 Å². The van der Waals surface area contributed by atoms with E-state index >= 15 is 0 Å². The normalized spacial score (nSPS) is 21.9. The Morgan fingerprint density at radius 1 is 1.15 bits per heavy atom. The van der Waals surface area contributed by atoms with Crippen LogP contribution in [0.15, 0.2) is 24.3 Å². The zero-order valence-corrected chi connectivity index (χ0v) is 12.4. The number of rotatable bonds is 8. The van der Waals surface area contributed by atoms with Crippen LogP contribution in [0, 0.1) is 0 Å². The van der Waals surface area contributed by atoms with Gasteiger partial charge in [-0.05, 0) is 38.4 Å². The maximum Gasteiger partial charge on any atom is 0.161 e. The molecule has 1 N–H and O–H groups in total. The Labute approximate surface area is 121 Å². The molecule has 1 aromatic carbocycles. The van der Waals surface area contributed by atoms with Crippen molar-refractivity contribution in [2.75, 3.05) is 26.8 Å². The standard InChI is InChI=1S/C16H25NO3/c1-3-10-18-15-6-4-5-7-16(15)19-12-14-9-8-13(20-14)11-17-2/h4-7,13-14,17H,3,8-12H2,1-2H3. The van der Waals surface area contributed by atoms with Gasteiger partial charge in [-0.3, -0.25) is 0 Å². The lowest BCUT2D eigenvalue weighted by Gasteiger charge is -2.16. The fourth-order valence-electron chi connectivity index (χ4n) is 2.36. The smallest absolute Gasteiger partial charge is 0.161 e. The summed E-state index contributed by atoms with van der Waals surface area (Å²) >= 11 is 0. The van der Waals surface area contributed by atoms with Gasteiger partial charge in [0.05, 0.1) is 18.8 Å². The summed E-state index contributed by atoms with van der Waals surface area (Å²) in [6, 6.07) is 7.83. The number of likely N-dealkylation sites (N-methyl/N-ethyl adjacent to an activating group) is 1. The molecule has 0 aromatic heterocycles. The molecule has 1 aromatic rings. The number of benzene rings is 1. The summed E-state index contributed by atoms with van der Waals surface area (Å²) in [5.41, 5.74) is 0. The number of ether oxygens (including phenoxy) is 3. The lowest BCUT2D eigenvalue weighted by atomic mass is 10.2. The quantitative estimate of drug-likeness (QED) is 0.794. The van der Waals surface area contributed by atoms with Crippen LogP contribution in [0.2, 0.25) is 0 Å². The summed E-state index contributed by atoms with van der Waals surface area (Å²) in [5.74, 6) is 1.63. The maximum absolute atomic E-state index is 5.92. The number of hydrogen-bond donors (Lipinski definition) is 1. The molecular weight excluding hydrogens is 254 g/mol. The van der Waals surface area contributed by atoms with Gasteiger partial charge in [-0.1, -0.05) is 19.1 Å². The number of para-hydroxylation sites is 2. The Kier molecular flexibility index (Phi) is 6.15. The first kappa shape index (κ1) is 15.1. The summed E-state index contributed by atoms with van der Waals surface area (Å²) in [6.45, 7) is 4.31. The van der Waals surface area contributed by atoms with Gasteiger partial charge in [-0.25, -0.2) is 0 Å². The molecule has 2 unspecified atom stereocenters. The number of nitrogens with one attached hydrogen (secondary N) is 1. The highest BCUT2D eigenvalue weighted by molar-refractivity contribution is 5.39. The summed E-state index contributed by atoms with van der Waals surface area (Å²) in [4.78, 5) is 0. The van der Waals surface area contributed by atoms with E-state index in [0.29, 0.717) is 19.3 Å². The van der Waals surface area contributed by atoms with Crippen molar-refractivity contribution in [3.8, 4) is 11.5 Å². The van der Waals surface area contributed by atoms with E-state index in [1.54, 1.807) is 0 Å². The van der Waals surface area contributed by atoms with Gasteiger partial charge in [0.1, 0.15) is 6.61 Å². The highest BCUT2D eigenvalue weighted by atomic mass is 16.6. The summed E-state index contributed by atoms with van der Waals surface area (Å²) < 4.78 is 17.5. The molecule has 0 bridgehead atoms. The molecule has 1 aliphatic heterocycles. The zero-order chi connectivity index (χ0) is 14.2. The predicted molar refractivity (Wildman–Crippen MR) is 79.5 cm³/mol. The van der Waals surface area contributed by atoms with Crippen molar-refractivity contribution in [2.24, 2.45) is 0 Å². The topological polar surface area (TPSA) is 39.7 Å². The second kappa shape index (κ2) is 8.12. The van der Waals surface area contributed by atoms with Crippen LogP contribution in [0.1, 0.15) is 26.2 Å². The van der Waals surface area contributed by atoms with E-state index in [9.17, 15) is 0 Å². The first-order valence-electron chi connectivity index (χ1n) is 7.48. The van der Waals surface area contributed by atoms with Gasteiger partial charge in [0, 0.05) is 6.54 Å². The van der Waals surface area contributed by atoms with Crippen LogP contribution in [-0.2, 0) is 4.74 Å². The van der Waals surface area contributed by atoms with E-state index in [0.717, 1.165) is 37.3 Å². The zero-order valence-electron chi connectivity index (χ0n) is 12.4. The van der Waals surface area contributed by atoms with Gasteiger partial charge < -0.3 is 19.5 Å². The van der Waals surface area contributed by atoms with Crippen molar-refractivity contribution in [3.63, 3.8) is 0 Å². The van der Waals surface area contributed by atoms with E-state index in [2.05, 4.69) is 12.2 Å². The average molecular weight is 279 g/mol. The first-order valence-corrected chi connectivity index (χ1v) is 7.48. The van der Waals surface area contributed by atoms with Gasteiger partial charge >= 0.3 is 0 Å². The monoisotopic (exact) mass is 279 g/mol. The Morgan fingerprint density at radius 2 is 1.85 bits per heavy atom. The lowest BCUT2D eigenvalue weighted by Crippen LogP contribution is -2.25.